The normalized spacial score (nSPS) is 41.8. The van der Waals surface area contributed by atoms with Crippen LogP contribution in [0.4, 0.5) is 13.2 Å². The molecule has 0 heterocycles. The van der Waals surface area contributed by atoms with Gasteiger partial charge in [-0.2, -0.15) is 13.2 Å². The lowest BCUT2D eigenvalue weighted by Crippen LogP contribution is -2.13. The van der Waals surface area contributed by atoms with Gasteiger partial charge in [0.2, 0.25) is 0 Å². The summed E-state index contributed by atoms with van der Waals surface area (Å²) in [5.74, 6) is 0.279. The third-order valence-corrected chi connectivity index (χ3v) is 3.43. The van der Waals surface area contributed by atoms with Crippen molar-refractivity contribution in [1.82, 2.24) is 0 Å². The third-order valence-electron chi connectivity index (χ3n) is 3.43. The number of fused-ring (bicyclic) bond motifs is 1. The molecule has 0 unspecified atom stereocenters. The first-order valence-electron chi connectivity index (χ1n) is 6.35. The molecule has 4 aliphatic rings. The number of halogens is 3. The van der Waals surface area contributed by atoms with Gasteiger partial charge < -0.3 is 0 Å². The molecule has 84 valence electrons. The maximum Gasteiger partial charge on any atom is 0.453 e. The first-order valence-corrected chi connectivity index (χ1v) is 5.35. The van der Waals surface area contributed by atoms with Crippen LogP contribution >= 0.6 is 0 Å². The zero-order valence-corrected chi connectivity index (χ0v) is 8.51. The van der Waals surface area contributed by atoms with Gasteiger partial charge in [-0.25, -0.2) is 0 Å². The molecule has 0 atom stereocenters. The zero-order chi connectivity index (χ0) is 13.1. The Morgan fingerprint density at radius 3 is 2.50 bits per heavy atom. The average molecular weight is 227 g/mol. The summed E-state index contributed by atoms with van der Waals surface area (Å²) in [6, 6.07) is 0. The summed E-state index contributed by atoms with van der Waals surface area (Å²) < 4.78 is 53.4. The second-order valence-corrected chi connectivity index (χ2v) is 4.50. The van der Waals surface area contributed by atoms with E-state index >= 15 is 0 Å². The Bertz CT molecular complexity index is 477. The van der Waals surface area contributed by atoms with Gasteiger partial charge in [-0.3, -0.25) is 0 Å². The van der Waals surface area contributed by atoms with Crippen molar-refractivity contribution >= 4 is 0 Å². The van der Waals surface area contributed by atoms with Crippen molar-refractivity contribution in [2.24, 2.45) is 11.8 Å². The molecule has 4 rings (SSSR count). The van der Waals surface area contributed by atoms with Crippen molar-refractivity contribution in [3.05, 3.63) is 41.4 Å². The van der Waals surface area contributed by atoms with E-state index in [1.165, 1.54) is 12.5 Å². The van der Waals surface area contributed by atoms with Gasteiger partial charge in [0, 0.05) is 45.3 Å². The summed E-state index contributed by atoms with van der Waals surface area (Å²) in [7, 11) is 0. The van der Waals surface area contributed by atoms with Crippen LogP contribution in [0.5, 0.6) is 0 Å². The van der Waals surface area contributed by atoms with Gasteiger partial charge in [0.05, 0.1) is 5.57 Å². The highest BCUT2D eigenvalue weighted by molar-refractivity contribution is 5.49. The van der Waals surface area contributed by atoms with Gasteiger partial charge in [-0.15, -0.1) is 0 Å². The molecule has 0 aromatic carbocycles. The molecule has 0 N–H and O–H groups in total. The van der Waals surface area contributed by atoms with Gasteiger partial charge in [0.1, 0.15) is 5.57 Å². The maximum absolute atomic E-state index is 12.5. The van der Waals surface area contributed by atoms with Gasteiger partial charge in [-0.05, 0) is 18.8 Å². The fraction of sp³-hybridized carbons (Fsp3) is 0.462. The Morgan fingerprint density at radius 1 is 1.31 bits per heavy atom. The van der Waals surface area contributed by atoms with Gasteiger partial charge in [0.25, 0.3) is 0 Å². The molecule has 16 heavy (non-hydrogen) atoms. The first-order chi connectivity index (χ1) is 8.30. The van der Waals surface area contributed by atoms with Gasteiger partial charge >= 0.3 is 6.18 Å². The molecule has 0 aliphatic heterocycles. The highest BCUT2D eigenvalue weighted by Crippen LogP contribution is 2.53. The van der Waals surface area contributed by atoms with E-state index in [1.54, 1.807) is 0 Å². The Hall–Kier alpha value is -1.12. The Kier molecular flexibility index (Phi) is 1.60. The van der Waals surface area contributed by atoms with E-state index in [0.29, 0.717) is 11.1 Å². The molecule has 4 aliphatic carbocycles. The van der Waals surface area contributed by atoms with E-state index in [0.717, 1.165) is 25.0 Å². The zero-order valence-electron chi connectivity index (χ0n) is 10.5. The summed E-state index contributed by atoms with van der Waals surface area (Å²) in [5.41, 5.74) is 0.636. The molecule has 2 bridgehead atoms. The highest BCUT2D eigenvalue weighted by atomic mass is 19.4. The van der Waals surface area contributed by atoms with Crippen LogP contribution in [0.3, 0.4) is 0 Å². The Morgan fingerprint density at radius 2 is 2.06 bits per heavy atom. The molecule has 3 saturated carbocycles. The number of hydrogen-bond acceptors (Lipinski definition) is 0. The van der Waals surface area contributed by atoms with Crippen LogP contribution in [0.15, 0.2) is 34.9 Å². The topological polar surface area (TPSA) is 0 Å². The molecule has 0 amide bonds. The van der Waals surface area contributed by atoms with E-state index in [2.05, 4.69) is 0 Å². The van der Waals surface area contributed by atoms with Crippen molar-refractivity contribution in [2.45, 2.75) is 25.4 Å². The van der Waals surface area contributed by atoms with Crippen LogP contribution in [-0.4, -0.2) is 6.18 Å². The maximum atomic E-state index is 12.5. The minimum atomic E-state index is -4.33. The molecule has 3 heteroatoms. The monoisotopic (exact) mass is 227 g/mol. The number of hydrogen-bond donors (Lipinski definition) is 0. The smallest absolute Gasteiger partial charge is 0.157 e. The molecule has 0 radical (unpaired) electrons. The summed E-state index contributed by atoms with van der Waals surface area (Å²) in [6.45, 7) is 0. The summed E-state index contributed by atoms with van der Waals surface area (Å²) in [6.07, 6.45) is 0.868. The first kappa shape index (κ1) is 8.04. The van der Waals surface area contributed by atoms with Crippen LogP contribution in [0, 0.1) is 18.3 Å². The fourth-order valence-corrected chi connectivity index (χ4v) is 2.47. The molecule has 0 nitrogen and oxygen atoms in total. The number of allylic oxidation sites excluding steroid dienone is 6. The van der Waals surface area contributed by atoms with Crippen LogP contribution in [0.2, 0.25) is 0 Å². The van der Waals surface area contributed by atoms with E-state index in [4.69, 9.17) is 2.74 Å². The third kappa shape index (κ3) is 1.49. The second-order valence-electron chi connectivity index (χ2n) is 4.50. The molecule has 0 aromatic heterocycles. The minimum absolute atomic E-state index is 0.0554. The summed E-state index contributed by atoms with van der Waals surface area (Å²) in [5, 5.41) is 0. The second kappa shape index (κ2) is 3.19. The van der Waals surface area contributed by atoms with Crippen LogP contribution < -0.4 is 0 Å². The minimum Gasteiger partial charge on any atom is -0.157 e. The lowest BCUT2D eigenvalue weighted by atomic mass is 9.82. The van der Waals surface area contributed by atoms with Gasteiger partial charge in [0.15, 0.2) is 0 Å². The van der Waals surface area contributed by atoms with Crippen LogP contribution in [-0.2, 0) is 0 Å². The molecule has 0 saturated heterocycles. The van der Waals surface area contributed by atoms with Crippen LogP contribution in [0.25, 0.3) is 0 Å². The Balaban J connectivity index is 1.90. The molecule has 0 spiro atoms. The quantitative estimate of drug-likeness (QED) is 0.549. The average Bonchev–Trinajstić information content (AvgIpc) is 2.60. The predicted octanol–water partition coefficient (Wildman–Crippen LogP) is 3.98. The van der Waals surface area contributed by atoms with E-state index in [9.17, 15) is 13.2 Å². The lowest BCUT2D eigenvalue weighted by Gasteiger charge is -2.20. The molecular weight excluding hydrogens is 213 g/mol. The molecular formula is C13H12F3+. The largest absolute Gasteiger partial charge is 0.453 e. The molecule has 0 aromatic rings. The molecule has 3 fully saturated rings. The van der Waals surface area contributed by atoms with Crippen molar-refractivity contribution in [2.75, 3.05) is 0 Å². The lowest BCUT2D eigenvalue weighted by molar-refractivity contribution is -0.0883. The van der Waals surface area contributed by atoms with E-state index < -0.39 is 18.1 Å². The van der Waals surface area contributed by atoms with Crippen molar-refractivity contribution in [3.63, 3.8) is 0 Å². The standard InChI is InChI=1S/C13H12F3/c14-13(15,16)11-3-1-9(2-4-11)12-7-8-5-10(12)6-8/h1-4,8,10H,5-7H2/q+1/i7D2. The van der Waals surface area contributed by atoms with Crippen LogP contribution in [0.1, 0.15) is 22.0 Å². The van der Waals surface area contributed by atoms with E-state index in [-0.39, 0.29) is 11.8 Å². The number of rotatable bonds is 0. The Labute approximate surface area is 95.3 Å². The summed E-state index contributed by atoms with van der Waals surface area (Å²) in [4.78, 5) is 0. The number of alkyl halides is 3. The predicted molar refractivity (Wildman–Crippen MR) is 55.4 cm³/mol. The van der Waals surface area contributed by atoms with Crippen molar-refractivity contribution in [1.29, 1.82) is 0 Å². The van der Waals surface area contributed by atoms with Crippen molar-refractivity contribution < 1.29 is 15.9 Å². The van der Waals surface area contributed by atoms with Gasteiger partial charge in [-0.1, -0.05) is 0 Å². The fourth-order valence-electron chi connectivity index (χ4n) is 2.47. The summed E-state index contributed by atoms with van der Waals surface area (Å²) >= 11 is 0. The van der Waals surface area contributed by atoms with Crippen molar-refractivity contribution in [3.8, 4) is 0 Å². The SMILES string of the molecule is [2H]C1([2H])/C(=C2/C=CC(C(F)(F)F)=C[CH+]2)C2CC1C2. The highest BCUT2D eigenvalue weighted by Gasteiger charge is 2.45. The van der Waals surface area contributed by atoms with E-state index in [1.807, 2.05) is 0 Å².